The van der Waals surface area contributed by atoms with E-state index in [4.69, 9.17) is 0 Å². The van der Waals surface area contributed by atoms with E-state index in [1.807, 2.05) is 60.7 Å². The Morgan fingerprint density at radius 3 is 2.04 bits per heavy atom. The lowest BCUT2D eigenvalue weighted by atomic mass is 9.71. The number of amides is 1. The maximum atomic E-state index is 12.7. The molecule has 0 unspecified atom stereocenters. The summed E-state index contributed by atoms with van der Waals surface area (Å²) in [6.45, 7) is 1.52. The highest BCUT2D eigenvalue weighted by Gasteiger charge is 2.54. The van der Waals surface area contributed by atoms with Gasteiger partial charge in [0.05, 0.1) is 11.2 Å². The lowest BCUT2D eigenvalue weighted by Crippen LogP contribution is -2.65. The summed E-state index contributed by atoms with van der Waals surface area (Å²) in [5.41, 5.74) is 1.33. The van der Waals surface area contributed by atoms with Crippen LogP contribution in [-0.4, -0.2) is 38.3 Å². The maximum absolute atomic E-state index is 12.7. The molecule has 2 aromatic carbocycles. The Hall–Kier alpha value is -2.18. The molecule has 2 aliphatic rings. The molecule has 5 nitrogen and oxygen atoms in total. The Kier molecular flexibility index (Phi) is 4.32. The Balaban J connectivity index is 1.40. The molecule has 0 radical (unpaired) electrons. The molecular formula is C20H22N2O3S. The zero-order valence-electron chi connectivity index (χ0n) is 14.5. The van der Waals surface area contributed by atoms with Gasteiger partial charge in [0.25, 0.3) is 0 Å². The van der Waals surface area contributed by atoms with Gasteiger partial charge in [0, 0.05) is 25.3 Å². The zero-order chi connectivity index (χ0) is 18.2. The van der Waals surface area contributed by atoms with Crippen molar-refractivity contribution in [2.75, 3.05) is 24.5 Å². The van der Waals surface area contributed by atoms with Gasteiger partial charge >= 0.3 is 0 Å². The number of sulfonamides is 1. The third-order valence-electron chi connectivity index (χ3n) is 5.49. The first-order chi connectivity index (χ1) is 12.5. The van der Waals surface area contributed by atoms with Gasteiger partial charge in [-0.15, -0.1) is 0 Å². The highest BCUT2D eigenvalue weighted by molar-refractivity contribution is 7.88. The van der Waals surface area contributed by atoms with E-state index >= 15 is 0 Å². The molecule has 0 bridgehead atoms. The largest absolute Gasteiger partial charge is 0.311 e. The average molecular weight is 370 g/mol. The molecule has 26 heavy (non-hydrogen) atoms. The summed E-state index contributed by atoms with van der Waals surface area (Å²) in [6.07, 6.45) is 1.20. The number of piperidine rings is 1. The quantitative estimate of drug-likeness (QED) is 0.778. The van der Waals surface area contributed by atoms with E-state index < -0.39 is 10.0 Å². The average Bonchev–Trinajstić information content (AvgIpc) is 2.67. The molecule has 1 amide bonds. The number of carbonyl (C=O) groups is 1. The Bertz CT molecular complexity index is 889. The first-order valence-corrected chi connectivity index (χ1v) is 10.5. The molecule has 136 valence electrons. The highest BCUT2D eigenvalue weighted by Crippen LogP contribution is 2.44. The van der Waals surface area contributed by atoms with Crippen LogP contribution in [0.3, 0.4) is 0 Å². The highest BCUT2D eigenvalue weighted by atomic mass is 32.2. The molecule has 2 heterocycles. The number of hydrogen-bond acceptors (Lipinski definition) is 3. The van der Waals surface area contributed by atoms with E-state index in [-0.39, 0.29) is 17.1 Å². The first kappa shape index (κ1) is 17.2. The van der Waals surface area contributed by atoms with Gasteiger partial charge in [-0.2, -0.15) is 0 Å². The van der Waals surface area contributed by atoms with Crippen LogP contribution in [0.4, 0.5) is 5.69 Å². The van der Waals surface area contributed by atoms with Crippen LogP contribution in [0.15, 0.2) is 60.7 Å². The van der Waals surface area contributed by atoms with Crippen LogP contribution in [0.1, 0.15) is 18.4 Å². The summed E-state index contributed by atoms with van der Waals surface area (Å²) in [5.74, 6) is 0.147. The molecule has 4 rings (SSSR count). The van der Waals surface area contributed by atoms with Crippen molar-refractivity contribution in [3.05, 3.63) is 66.2 Å². The van der Waals surface area contributed by atoms with E-state index in [9.17, 15) is 13.2 Å². The van der Waals surface area contributed by atoms with Gasteiger partial charge in [0.15, 0.2) is 0 Å². The summed E-state index contributed by atoms with van der Waals surface area (Å²) >= 11 is 0. The number of carbonyl (C=O) groups excluding carboxylic acids is 1. The SMILES string of the molecule is O=C1N(c2ccccc2)CC12CCN(S(=O)(=O)Cc1ccccc1)CC2. The summed E-state index contributed by atoms with van der Waals surface area (Å²) in [5, 5.41) is 0. The van der Waals surface area contributed by atoms with Crippen molar-refractivity contribution >= 4 is 21.6 Å². The third-order valence-corrected chi connectivity index (χ3v) is 7.34. The zero-order valence-corrected chi connectivity index (χ0v) is 15.4. The predicted molar refractivity (Wildman–Crippen MR) is 101 cm³/mol. The van der Waals surface area contributed by atoms with Crippen molar-refractivity contribution in [2.45, 2.75) is 18.6 Å². The summed E-state index contributed by atoms with van der Waals surface area (Å²) in [6, 6.07) is 18.9. The maximum Gasteiger partial charge on any atom is 0.235 e. The van der Waals surface area contributed by atoms with E-state index in [2.05, 4.69) is 0 Å². The van der Waals surface area contributed by atoms with Crippen molar-refractivity contribution in [1.82, 2.24) is 4.31 Å². The van der Waals surface area contributed by atoms with E-state index in [0.717, 1.165) is 11.3 Å². The molecule has 0 aromatic heterocycles. The molecule has 2 aromatic rings. The Labute approximate surface area is 154 Å². The number of β-lactam (4-membered cyclic amide) rings is 1. The van der Waals surface area contributed by atoms with E-state index in [1.165, 1.54) is 0 Å². The minimum atomic E-state index is -3.35. The van der Waals surface area contributed by atoms with Crippen molar-refractivity contribution < 1.29 is 13.2 Å². The van der Waals surface area contributed by atoms with Gasteiger partial charge in [-0.05, 0) is 30.5 Å². The fourth-order valence-electron chi connectivity index (χ4n) is 3.89. The number of anilines is 1. The lowest BCUT2D eigenvalue weighted by Gasteiger charge is -2.52. The van der Waals surface area contributed by atoms with Gasteiger partial charge in [0.2, 0.25) is 15.9 Å². The molecule has 2 fully saturated rings. The topological polar surface area (TPSA) is 57.7 Å². The van der Waals surface area contributed by atoms with Crippen molar-refractivity contribution in [2.24, 2.45) is 5.41 Å². The predicted octanol–water partition coefficient (Wildman–Crippen LogP) is 2.65. The first-order valence-electron chi connectivity index (χ1n) is 8.89. The molecule has 6 heteroatoms. The molecular weight excluding hydrogens is 348 g/mol. The van der Waals surface area contributed by atoms with Gasteiger partial charge < -0.3 is 4.90 Å². The van der Waals surface area contributed by atoms with E-state index in [1.54, 1.807) is 9.21 Å². The second-order valence-electron chi connectivity index (χ2n) is 7.15. The number of rotatable bonds is 4. The van der Waals surface area contributed by atoms with Crippen LogP contribution in [0, 0.1) is 5.41 Å². The smallest absolute Gasteiger partial charge is 0.235 e. The molecule has 2 aliphatic heterocycles. The standard InChI is InChI=1S/C20H22N2O3S/c23-19-20(16-22(19)18-9-5-2-6-10-18)11-13-21(14-12-20)26(24,25)15-17-7-3-1-4-8-17/h1-10H,11-16H2. The fraction of sp³-hybridized carbons (Fsp3) is 0.350. The van der Waals surface area contributed by atoms with Crippen LogP contribution in [0.5, 0.6) is 0 Å². The van der Waals surface area contributed by atoms with Gasteiger partial charge in [0.1, 0.15) is 0 Å². The Morgan fingerprint density at radius 2 is 1.46 bits per heavy atom. The molecule has 2 saturated heterocycles. The van der Waals surface area contributed by atoms with Crippen LogP contribution in [0.25, 0.3) is 0 Å². The van der Waals surface area contributed by atoms with Gasteiger partial charge in [-0.3, -0.25) is 4.79 Å². The minimum absolute atomic E-state index is 0.0188. The lowest BCUT2D eigenvalue weighted by molar-refractivity contribution is -0.137. The monoisotopic (exact) mass is 370 g/mol. The van der Waals surface area contributed by atoms with E-state index in [0.29, 0.717) is 32.5 Å². The van der Waals surface area contributed by atoms with Gasteiger partial charge in [-0.25, -0.2) is 12.7 Å². The third kappa shape index (κ3) is 3.04. The van der Waals surface area contributed by atoms with Crippen LogP contribution < -0.4 is 4.90 Å². The number of nitrogens with zero attached hydrogens (tertiary/aromatic N) is 2. The van der Waals surface area contributed by atoms with Crippen LogP contribution in [-0.2, 0) is 20.6 Å². The van der Waals surface area contributed by atoms with Crippen molar-refractivity contribution in [1.29, 1.82) is 0 Å². The van der Waals surface area contributed by atoms with Crippen molar-refractivity contribution in [3.63, 3.8) is 0 Å². The van der Waals surface area contributed by atoms with Gasteiger partial charge in [-0.1, -0.05) is 48.5 Å². The van der Waals surface area contributed by atoms with Crippen LogP contribution in [0.2, 0.25) is 0 Å². The molecule has 0 aliphatic carbocycles. The summed E-state index contributed by atoms with van der Waals surface area (Å²) < 4.78 is 26.9. The number of hydrogen-bond donors (Lipinski definition) is 0. The van der Waals surface area contributed by atoms with Crippen LogP contribution >= 0.6 is 0 Å². The number of benzene rings is 2. The van der Waals surface area contributed by atoms with Crippen molar-refractivity contribution in [3.8, 4) is 0 Å². The second kappa shape index (κ2) is 6.52. The fourth-order valence-corrected chi connectivity index (χ4v) is 5.43. The molecule has 1 spiro atoms. The normalized spacial score (nSPS) is 20.2. The minimum Gasteiger partial charge on any atom is -0.311 e. The summed E-state index contributed by atoms with van der Waals surface area (Å²) in [4.78, 5) is 14.5. The Morgan fingerprint density at radius 1 is 0.885 bits per heavy atom. The number of para-hydroxylation sites is 1. The summed E-state index contributed by atoms with van der Waals surface area (Å²) in [7, 11) is -3.35. The molecule has 0 atom stereocenters. The second-order valence-corrected chi connectivity index (χ2v) is 9.12. The molecule has 0 N–H and O–H groups in total. The molecule has 0 saturated carbocycles.